The van der Waals surface area contributed by atoms with Crippen molar-refractivity contribution in [3.05, 3.63) is 63.8 Å². The van der Waals surface area contributed by atoms with Crippen molar-refractivity contribution in [1.29, 1.82) is 0 Å². The molecule has 1 aromatic carbocycles. The summed E-state index contributed by atoms with van der Waals surface area (Å²) in [6.07, 6.45) is 0. The summed E-state index contributed by atoms with van der Waals surface area (Å²) in [5, 5.41) is 2.66. The van der Waals surface area contributed by atoms with E-state index >= 15 is 0 Å². The van der Waals surface area contributed by atoms with Gasteiger partial charge in [-0.05, 0) is 38.1 Å². The average Bonchev–Trinajstić information content (AvgIpc) is 2.45. The number of amides is 1. The molecule has 6 heteroatoms. The van der Waals surface area contributed by atoms with Crippen LogP contribution in [0.2, 0.25) is 0 Å². The Morgan fingerprint density at radius 2 is 2.14 bits per heavy atom. The Kier molecular flexibility index (Phi) is 4.93. The first-order chi connectivity index (χ1) is 10.5. The molecule has 0 radical (unpaired) electrons. The summed E-state index contributed by atoms with van der Waals surface area (Å²) in [5.41, 5.74) is 0.294. The largest absolute Gasteiger partial charge is 0.491 e. The van der Waals surface area contributed by atoms with Gasteiger partial charge in [-0.2, -0.15) is 0 Å². The minimum atomic E-state index is -0.475. The van der Waals surface area contributed by atoms with Crippen molar-refractivity contribution in [2.45, 2.75) is 19.9 Å². The summed E-state index contributed by atoms with van der Waals surface area (Å²) in [4.78, 5) is 26.3. The number of ether oxygens (including phenoxy) is 1. The molecule has 2 aromatic rings. The molecule has 1 heterocycles. The number of nitrogens with one attached hydrogen (secondary N) is 2. The fourth-order valence-corrected chi connectivity index (χ4v) is 1.87. The highest BCUT2D eigenvalue weighted by Gasteiger charge is 2.13. The highest BCUT2D eigenvalue weighted by molar-refractivity contribution is 5.93. The van der Waals surface area contributed by atoms with Crippen molar-refractivity contribution in [2.24, 2.45) is 0 Å². The van der Waals surface area contributed by atoms with Crippen LogP contribution < -0.4 is 15.6 Å². The second-order valence-electron chi connectivity index (χ2n) is 5.03. The van der Waals surface area contributed by atoms with Crippen molar-refractivity contribution in [2.75, 3.05) is 6.61 Å². The molecule has 0 saturated heterocycles. The molecular weight excluding hydrogens is 287 g/mol. The van der Waals surface area contributed by atoms with Crippen LogP contribution in [0.5, 0.6) is 5.75 Å². The van der Waals surface area contributed by atoms with Gasteiger partial charge >= 0.3 is 0 Å². The molecule has 1 aromatic heterocycles. The molecule has 1 amide bonds. The van der Waals surface area contributed by atoms with Crippen molar-refractivity contribution in [3.63, 3.8) is 0 Å². The maximum atomic E-state index is 13.0. The molecule has 5 nitrogen and oxygen atoms in total. The number of benzene rings is 1. The van der Waals surface area contributed by atoms with Gasteiger partial charge in [0.2, 0.25) is 0 Å². The van der Waals surface area contributed by atoms with E-state index < -0.39 is 11.5 Å². The summed E-state index contributed by atoms with van der Waals surface area (Å²) in [6, 6.07) is 8.55. The van der Waals surface area contributed by atoms with Crippen LogP contribution in [0.15, 0.2) is 41.2 Å². The minimum Gasteiger partial charge on any atom is -0.491 e. The summed E-state index contributed by atoms with van der Waals surface area (Å²) in [7, 11) is 0. The number of rotatable bonds is 5. The number of aryl methyl sites for hydroxylation is 1. The van der Waals surface area contributed by atoms with E-state index in [2.05, 4.69) is 10.3 Å². The number of carbonyl (C=O) groups excluding carboxylic acids is 1. The van der Waals surface area contributed by atoms with E-state index in [1.165, 1.54) is 18.2 Å². The fraction of sp³-hybridized carbons (Fsp3) is 0.250. The fourth-order valence-electron chi connectivity index (χ4n) is 1.87. The van der Waals surface area contributed by atoms with Crippen molar-refractivity contribution in [1.82, 2.24) is 10.3 Å². The van der Waals surface area contributed by atoms with Gasteiger partial charge in [0.05, 0.1) is 6.04 Å². The molecule has 0 aliphatic carbocycles. The zero-order chi connectivity index (χ0) is 16.1. The van der Waals surface area contributed by atoms with Gasteiger partial charge in [-0.3, -0.25) is 9.59 Å². The molecule has 0 spiro atoms. The monoisotopic (exact) mass is 304 g/mol. The molecule has 0 saturated carbocycles. The van der Waals surface area contributed by atoms with Gasteiger partial charge in [-0.1, -0.05) is 6.07 Å². The number of aromatic amines is 1. The first-order valence-corrected chi connectivity index (χ1v) is 6.85. The molecule has 1 atom stereocenters. The average molecular weight is 304 g/mol. The minimum absolute atomic E-state index is 0.0446. The van der Waals surface area contributed by atoms with E-state index in [0.29, 0.717) is 11.4 Å². The number of carbonyl (C=O) groups is 1. The van der Waals surface area contributed by atoms with Gasteiger partial charge in [0.15, 0.2) is 0 Å². The van der Waals surface area contributed by atoms with Crippen LogP contribution in [0.3, 0.4) is 0 Å². The molecule has 2 rings (SSSR count). The number of halogens is 1. The molecule has 116 valence electrons. The van der Waals surface area contributed by atoms with E-state index in [1.54, 1.807) is 32.0 Å². The van der Waals surface area contributed by atoms with Gasteiger partial charge in [0.1, 0.15) is 23.7 Å². The number of H-pyrrole nitrogens is 1. The molecule has 0 fully saturated rings. The normalized spacial score (nSPS) is 11.8. The summed E-state index contributed by atoms with van der Waals surface area (Å²) in [6.45, 7) is 3.64. The van der Waals surface area contributed by atoms with Crippen LogP contribution >= 0.6 is 0 Å². The molecule has 1 unspecified atom stereocenters. The third kappa shape index (κ3) is 4.18. The highest BCUT2D eigenvalue weighted by atomic mass is 19.1. The maximum absolute atomic E-state index is 13.0. The molecule has 0 aliphatic heterocycles. The van der Waals surface area contributed by atoms with Crippen molar-refractivity contribution >= 4 is 5.91 Å². The van der Waals surface area contributed by atoms with Gasteiger partial charge < -0.3 is 15.0 Å². The lowest BCUT2D eigenvalue weighted by molar-refractivity contribution is 0.0925. The molecule has 0 aliphatic rings. The predicted octanol–water partition coefficient (Wildman–Crippen LogP) is 2.02. The zero-order valence-corrected chi connectivity index (χ0v) is 12.4. The van der Waals surface area contributed by atoms with E-state index in [-0.39, 0.29) is 24.0 Å². The molecule has 22 heavy (non-hydrogen) atoms. The Morgan fingerprint density at radius 3 is 2.82 bits per heavy atom. The predicted molar refractivity (Wildman–Crippen MR) is 80.6 cm³/mol. The van der Waals surface area contributed by atoms with Crippen LogP contribution in [0.4, 0.5) is 4.39 Å². The Bertz CT molecular complexity index is 727. The molecule has 0 bridgehead atoms. The van der Waals surface area contributed by atoms with Crippen LogP contribution in [-0.4, -0.2) is 23.5 Å². The Hall–Kier alpha value is -2.63. The lowest BCUT2D eigenvalue weighted by Gasteiger charge is -2.15. The quantitative estimate of drug-likeness (QED) is 0.888. The number of hydrogen-bond donors (Lipinski definition) is 2. The zero-order valence-electron chi connectivity index (χ0n) is 12.4. The SMILES string of the molecule is Cc1ccc(C(=O)NC(C)COc2cccc(F)c2)c(=O)[nH]1. The van der Waals surface area contributed by atoms with E-state index in [4.69, 9.17) is 4.74 Å². The lowest BCUT2D eigenvalue weighted by atomic mass is 10.2. The van der Waals surface area contributed by atoms with E-state index in [9.17, 15) is 14.0 Å². The summed E-state index contributed by atoms with van der Waals surface area (Å²) in [5.74, 6) is -0.480. The van der Waals surface area contributed by atoms with Crippen LogP contribution in [0, 0.1) is 12.7 Å². The molecular formula is C16H17FN2O3. The van der Waals surface area contributed by atoms with Crippen molar-refractivity contribution in [3.8, 4) is 5.75 Å². The van der Waals surface area contributed by atoms with Crippen LogP contribution in [0.1, 0.15) is 23.0 Å². The highest BCUT2D eigenvalue weighted by Crippen LogP contribution is 2.12. The number of pyridine rings is 1. The van der Waals surface area contributed by atoms with Gasteiger partial charge in [0.25, 0.3) is 11.5 Å². The maximum Gasteiger partial charge on any atom is 0.260 e. The summed E-state index contributed by atoms with van der Waals surface area (Å²) < 4.78 is 18.4. The second-order valence-corrected chi connectivity index (χ2v) is 5.03. The van der Waals surface area contributed by atoms with Crippen LogP contribution in [-0.2, 0) is 0 Å². The number of aromatic nitrogens is 1. The third-order valence-electron chi connectivity index (χ3n) is 2.97. The smallest absolute Gasteiger partial charge is 0.260 e. The van der Waals surface area contributed by atoms with Crippen molar-refractivity contribution < 1.29 is 13.9 Å². The standard InChI is InChI=1S/C16H17FN2O3/c1-10-6-7-14(15(20)18-10)16(21)19-11(2)9-22-13-5-3-4-12(17)8-13/h3-8,11H,9H2,1-2H3,(H,18,20)(H,19,21). The Balaban J connectivity index is 1.92. The van der Waals surface area contributed by atoms with E-state index in [1.807, 2.05) is 0 Å². The van der Waals surface area contributed by atoms with Gasteiger partial charge in [0, 0.05) is 11.8 Å². The Morgan fingerprint density at radius 1 is 1.36 bits per heavy atom. The van der Waals surface area contributed by atoms with E-state index in [0.717, 1.165) is 0 Å². The second kappa shape index (κ2) is 6.89. The van der Waals surface area contributed by atoms with Gasteiger partial charge in [-0.15, -0.1) is 0 Å². The number of hydrogen-bond acceptors (Lipinski definition) is 3. The summed E-state index contributed by atoms with van der Waals surface area (Å²) >= 11 is 0. The Labute approximate surface area is 127 Å². The molecule has 2 N–H and O–H groups in total. The first-order valence-electron chi connectivity index (χ1n) is 6.85. The third-order valence-corrected chi connectivity index (χ3v) is 2.97. The topological polar surface area (TPSA) is 71.2 Å². The first kappa shape index (κ1) is 15.8. The van der Waals surface area contributed by atoms with Gasteiger partial charge in [-0.25, -0.2) is 4.39 Å². The lowest BCUT2D eigenvalue weighted by Crippen LogP contribution is -2.39. The van der Waals surface area contributed by atoms with Crippen LogP contribution in [0.25, 0.3) is 0 Å².